The lowest BCUT2D eigenvalue weighted by atomic mass is 9.88. The van der Waals surface area contributed by atoms with E-state index >= 15 is 0 Å². The van der Waals surface area contributed by atoms with Crippen molar-refractivity contribution in [1.29, 1.82) is 0 Å². The average Bonchev–Trinajstić information content (AvgIpc) is 3.08. The van der Waals surface area contributed by atoms with E-state index in [0.717, 1.165) is 47.6 Å². The van der Waals surface area contributed by atoms with E-state index in [1.165, 1.54) is 16.7 Å². The predicted molar refractivity (Wildman–Crippen MR) is 181 cm³/mol. The molecule has 4 aromatic carbocycles. The van der Waals surface area contributed by atoms with E-state index < -0.39 is 4.65 Å². The number of aromatic hydroxyl groups is 1. The van der Waals surface area contributed by atoms with Gasteiger partial charge in [0.1, 0.15) is 11.8 Å². The fourth-order valence-corrected chi connectivity index (χ4v) is 7.01. The van der Waals surface area contributed by atoms with Crippen molar-refractivity contribution in [3.05, 3.63) is 105 Å². The Bertz CT molecular complexity index is 1740. The summed E-state index contributed by atoms with van der Waals surface area (Å²) in [5, 5.41) is 24.4. The first kappa shape index (κ1) is 32.5. The van der Waals surface area contributed by atoms with Gasteiger partial charge >= 0.3 is 0 Å². The molecule has 4 aromatic rings. The second-order valence-corrected chi connectivity index (χ2v) is 12.7. The lowest BCUT2D eigenvalue weighted by molar-refractivity contribution is -0.894. The van der Waals surface area contributed by atoms with Crippen molar-refractivity contribution < 1.29 is 33.4 Å². The topological polar surface area (TPSA) is 92.7 Å². The fraction of sp³-hybridized carbons (Fsp3) is 0.368. The van der Waals surface area contributed by atoms with Crippen molar-refractivity contribution in [3.8, 4) is 40.2 Å². The van der Waals surface area contributed by atoms with Crippen LogP contribution in [0.1, 0.15) is 45.5 Å². The Morgan fingerprint density at radius 2 is 1.30 bits per heavy atom. The molecule has 3 atom stereocenters. The highest BCUT2D eigenvalue weighted by Crippen LogP contribution is 2.43. The molecule has 9 heteroatoms. The molecule has 0 unspecified atom stereocenters. The van der Waals surface area contributed by atoms with E-state index in [0.29, 0.717) is 42.4 Å². The minimum Gasteiger partial charge on any atom is -0.633 e. The zero-order chi connectivity index (χ0) is 33.3. The number of phenolic OH excluding ortho intramolecular Hbond substituents is 1. The van der Waals surface area contributed by atoms with E-state index in [2.05, 4.69) is 36.2 Å². The second kappa shape index (κ2) is 13.4. The van der Waals surface area contributed by atoms with Crippen LogP contribution in [0.3, 0.4) is 0 Å². The SMILES string of the molecule is COc1cc2c(cc1OC)[C@@H](Cc1ccc(Oc3cc(C[C@@H]4c5cc(OC)c(OC)cc5CC[N@@+]4(C)[O-])ccc3O)cc1)N(C)CC2. The van der Waals surface area contributed by atoms with Crippen molar-refractivity contribution >= 4 is 0 Å². The zero-order valence-corrected chi connectivity index (χ0v) is 28.0. The minimum absolute atomic E-state index is 0.0393. The van der Waals surface area contributed by atoms with Gasteiger partial charge in [-0.25, -0.2) is 0 Å². The maximum absolute atomic E-state index is 13.7. The molecule has 0 spiro atoms. The molecule has 2 heterocycles. The van der Waals surface area contributed by atoms with Gasteiger partial charge in [0.05, 0.1) is 42.0 Å². The van der Waals surface area contributed by atoms with Gasteiger partial charge in [0, 0.05) is 31.0 Å². The molecule has 0 saturated heterocycles. The minimum atomic E-state index is -0.401. The Kier molecular flexibility index (Phi) is 9.23. The number of methoxy groups -OCH3 is 4. The summed E-state index contributed by atoms with van der Waals surface area (Å²) >= 11 is 0. The van der Waals surface area contributed by atoms with Crippen LogP contribution in [0, 0.1) is 5.21 Å². The van der Waals surface area contributed by atoms with Gasteiger partial charge < -0.3 is 38.6 Å². The largest absolute Gasteiger partial charge is 0.633 e. The van der Waals surface area contributed by atoms with Crippen molar-refractivity contribution in [2.45, 2.75) is 37.8 Å². The van der Waals surface area contributed by atoms with Crippen LogP contribution in [-0.4, -0.2) is 70.3 Å². The summed E-state index contributed by atoms with van der Waals surface area (Å²) in [6.45, 7) is 1.42. The normalized spacial score (nSPS) is 20.6. The van der Waals surface area contributed by atoms with Crippen LogP contribution >= 0.6 is 0 Å². The number of phenols is 1. The summed E-state index contributed by atoms with van der Waals surface area (Å²) < 4.78 is 28.0. The second-order valence-electron chi connectivity index (χ2n) is 12.7. The zero-order valence-electron chi connectivity index (χ0n) is 28.0. The number of benzene rings is 4. The Morgan fingerprint density at radius 3 is 1.94 bits per heavy atom. The van der Waals surface area contributed by atoms with E-state index in [9.17, 15) is 10.3 Å². The van der Waals surface area contributed by atoms with Gasteiger partial charge in [-0.3, -0.25) is 4.90 Å². The third-order valence-electron chi connectivity index (χ3n) is 9.79. The van der Waals surface area contributed by atoms with E-state index in [4.69, 9.17) is 23.7 Å². The molecule has 0 aliphatic carbocycles. The molecule has 0 radical (unpaired) electrons. The molecule has 6 rings (SSSR count). The average molecular weight is 641 g/mol. The Morgan fingerprint density at radius 1 is 0.723 bits per heavy atom. The van der Waals surface area contributed by atoms with Gasteiger partial charge in [0.15, 0.2) is 34.5 Å². The molecule has 9 nitrogen and oxygen atoms in total. The number of likely N-dealkylation sites (N-methyl/N-ethyl adjacent to an activating group) is 2. The van der Waals surface area contributed by atoms with Crippen LogP contribution in [0.4, 0.5) is 0 Å². The summed E-state index contributed by atoms with van der Waals surface area (Å²) in [4.78, 5) is 2.38. The van der Waals surface area contributed by atoms with Crippen molar-refractivity contribution in [2.75, 3.05) is 55.6 Å². The molecule has 0 saturated carbocycles. The van der Waals surface area contributed by atoms with Crippen LogP contribution in [0.15, 0.2) is 66.7 Å². The van der Waals surface area contributed by atoms with E-state index in [-0.39, 0.29) is 17.8 Å². The first-order chi connectivity index (χ1) is 22.6. The molecule has 1 N–H and O–H groups in total. The predicted octanol–water partition coefficient (Wildman–Crippen LogP) is 6.77. The number of nitrogens with zero attached hydrogens (tertiary/aromatic N) is 2. The first-order valence-electron chi connectivity index (χ1n) is 16.0. The highest BCUT2D eigenvalue weighted by Gasteiger charge is 2.35. The molecular formula is C38H44N2O7. The van der Waals surface area contributed by atoms with Gasteiger partial charge in [-0.15, -0.1) is 0 Å². The van der Waals surface area contributed by atoms with E-state index in [1.54, 1.807) is 41.6 Å². The standard InChI is InChI=1S/C38H44N2O7/c1-39-15-13-26-20-35(43-3)37(45-5)22-29(26)31(39)17-24-7-10-28(11-8-24)47-34-19-25(9-12-33(34)41)18-32-30-23-38(46-6)36(44-4)21-27(30)14-16-40(32,2)42/h7-12,19-23,31-32,41H,13-18H2,1-6H3/t31-,32-,40-/m1/s1. The van der Waals surface area contributed by atoms with Crippen LogP contribution < -0.4 is 23.7 Å². The summed E-state index contributed by atoms with van der Waals surface area (Å²) in [6, 6.07) is 21.3. The van der Waals surface area contributed by atoms with Crippen LogP contribution in [0.25, 0.3) is 0 Å². The molecule has 0 bridgehead atoms. The lowest BCUT2D eigenvalue weighted by Gasteiger charge is -2.49. The fourth-order valence-electron chi connectivity index (χ4n) is 7.01. The van der Waals surface area contributed by atoms with Gasteiger partial charge in [-0.2, -0.15) is 0 Å². The van der Waals surface area contributed by atoms with Crippen molar-refractivity contribution in [2.24, 2.45) is 0 Å². The maximum Gasteiger partial charge on any atom is 0.169 e. The van der Waals surface area contributed by atoms with Crippen molar-refractivity contribution in [3.63, 3.8) is 0 Å². The molecule has 0 amide bonds. The molecule has 2 aliphatic heterocycles. The van der Waals surface area contributed by atoms with Gasteiger partial charge in [-0.1, -0.05) is 18.2 Å². The summed E-state index contributed by atoms with van der Waals surface area (Å²) in [5.41, 5.74) is 6.66. The van der Waals surface area contributed by atoms with Crippen LogP contribution in [0.2, 0.25) is 0 Å². The quantitative estimate of drug-likeness (QED) is 0.150. The number of hydrogen-bond donors (Lipinski definition) is 1. The van der Waals surface area contributed by atoms with E-state index in [1.807, 2.05) is 36.4 Å². The smallest absolute Gasteiger partial charge is 0.169 e. The molecule has 0 fully saturated rings. The molecular weight excluding hydrogens is 596 g/mol. The lowest BCUT2D eigenvalue weighted by Crippen LogP contribution is -2.47. The summed E-state index contributed by atoms with van der Waals surface area (Å²) in [5.74, 6) is 3.77. The number of hydroxylamine groups is 3. The van der Waals surface area contributed by atoms with Gasteiger partial charge in [0.25, 0.3) is 0 Å². The molecule has 248 valence electrons. The third kappa shape index (κ3) is 6.56. The summed E-state index contributed by atoms with van der Waals surface area (Å²) in [6.07, 6.45) is 2.93. The maximum atomic E-state index is 13.7. The number of fused-ring (bicyclic) bond motifs is 2. The first-order valence-corrected chi connectivity index (χ1v) is 16.0. The monoisotopic (exact) mass is 640 g/mol. The molecule has 0 aromatic heterocycles. The Labute approximate surface area is 277 Å². The third-order valence-corrected chi connectivity index (χ3v) is 9.79. The van der Waals surface area contributed by atoms with Gasteiger partial charge in [-0.05, 0) is 96.2 Å². The number of ether oxygens (including phenoxy) is 5. The molecule has 2 aliphatic rings. The summed E-state index contributed by atoms with van der Waals surface area (Å²) in [7, 11) is 10.4. The van der Waals surface area contributed by atoms with Crippen LogP contribution in [-0.2, 0) is 25.7 Å². The highest BCUT2D eigenvalue weighted by atomic mass is 16.5. The Hall–Kier alpha value is -4.44. The molecule has 47 heavy (non-hydrogen) atoms. The number of hydrogen-bond acceptors (Lipinski definition) is 8. The van der Waals surface area contributed by atoms with Gasteiger partial charge in [0.2, 0.25) is 0 Å². The van der Waals surface area contributed by atoms with Crippen LogP contribution in [0.5, 0.6) is 40.2 Å². The highest BCUT2D eigenvalue weighted by molar-refractivity contribution is 5.51. The number of quaternary nitrogens is 1. The van der Waals surface area contributed by atoms with Crippen molar-refractivity contribution in [1.82, 2.24) is 4.90 Å². The Balaban J connectivity index is 1.20. The number of rotatable bonds is 10.